The van der Waals surface area contributed by atoms with Crippen LogP contribution in [0, 0.1) is 5.92 Å². The Morgan fingerprint density at radius 1 is 1.26 bits per heavy atom. The molecule has 1 aromatic carbocycles. The van der Waals surface area contributed by atoms with E-state index in [1.807, 2.05) is 6.07 Å². The van der Waals surface area contributed by atoms with Gasteiger partial charge in [-0.3, -0.25) is 0 Å². The Balaban J connectivity index is 1.41. The molecule has 27 heavy (non-hydrogen) atoms. The van der Waals surface area contributed by atoms with Crippen molar-refractivity contribution in [2.75, 3.05) is 25.0 Å². The van der Waals surface area contributed by atoms with Crippen molar-refractivity contribution in [3.05, 3.63) is 42.2 Å². The molecule has 1 aromatic heterocycles. The van der Waals surface area contributed by atoms with Crippen LogP contribution in [0.3, 0.4) is 0 Å². The SMILES string of the molecule is C[C@H](CN1CCC[C@H]([C@@H]2C[C@H](C(F)F)n3ncnc3N2)C1)c1ccccc1. The van der Waals surface area contributed by atoms with E-state index in [1.165, 1.54) is 16.6 Å². The predicted octanol–water partition coefficient (Wildman–Crippen LogP) is 3.78. The second kappa shape index (κ2) is 7.92. The zero-order chi connectivity index (χ0) is 18.8. The number of halogens is 2. The van der Waals surface area contributed by atoms with Crippen LogP contribution in [0.1, 0.15) is 43.7 Å². The van der Waals surface area contributed by atoms with Gasteiger partial charge in [0.15, 0.2) is 0 Å². The molecule has 0 bridgehead atoms. The van der Waals surface area contributed by atoms with Gasteiger partial charge in [-0.1, -0.05) is 37.3 Å². The lowest BCUT2D eigenvalue weighted by molar-refractivity contribution is 0.0552. The monoisotopic (exact) mass is 375 g/mol. The van der Waals surface area contributed by atoms with E-state index in [9.17, 15) is 8.78 Å². The molecule has 0 unspecified atom stereocenters. The van der Waals surface area contributed by atoms with Crippen LogP contribution in [-0.4, -0.2) is 51.8 Å². The van der Waals surface area contributed by atoms with E-state index in [2.05, 4.69) is 51.5 Å². The first kappa shape index (κ1) is 18.3. The fourth-order valence-electron chi connectivity index (χ4n) is 4.56. The Bertz CT molecular complexity index is 735. The zero-order valence-electron chi connectivity index (χ0n) is 15.6. The molecule has 0 aliphatic carbocycles. The number of nitrogens with one attached hydrogen (secondary N) is 1. The first-order valence-electron chi connectivity index (χ1n) is 9.83. The quantitative estimate of drug-likeness (QED) is 0.864. The summed E-state index contributed by atoms with van der Waals surface area (Å²) in [5.41, 5.74) is 1.35. The van der Waals surface area contributed by atoms with Crippen molar-refractivity contribution >= 4 is 5.95 Å². The smallest absolute Gasteiger partial charge is 0.260 e. The van der Waals surface area contributed by atoms with Gasteiger partial charge in [0.2, 0.25) is 5.95 Å². The molecule has 2 aliphatic rings. The van der Waals surface area contributed by atoms with Crippen molar-refractivity contribution in [1.82, 2.24) is 19.7 Å². The van der Waals surface area contributed by atoms with Crippen LogP contribution in [0.4, 0.5) is 14.7 Å². The van der Waals surface area contributed by atoms with Crippen molar-refractivity contribution in [2.24, 2.45) is 5.92 Å². The number of hydrogen-bond acceptors (Lipinski definition) is 4. The molecule has 4 rings (SSSR count). The number of nitrogens with zero attached hydrogens (tertiary/aromatic N) is 4. The number of alkyl halides is 2. The number of piperidine rings is 1. The fourth-order valence-corrected chi connectivity index (χ4v) is 4.56. The number of anilines is 1. The van der Waals surface area contributed by atoms with E-state index in [0.29, 0.717) is 24.2 Å². The fraction of sp³-hybridized carbons (Fsp3) is 0.600. The molecule has 0 saturated carbocycles. The lowest BCUT2D eigenvalue weighted by Crippen LogP contribution is -2.47. The molecule has 1 saturated heterocycles. The van der Waals surface area contributed by atoms with E-state index < -0.39 is 12.5 Å². The summed E-state index contributed by atoms with van der Waals surface area (Å²) >= 11 is 0. The summed E-state index contributed by atoms with van der Waals surface area (Å²) in [5.74, 6) is 1.29. The molecular weight excluding hydrogens is 348 g/mol. The molecule has 2 aliphatic heterocycles. The third-order valence-corrected chi connectivity index (χ3v) is 6.00. The van der Waals surface area contributed by atoms with Gasteiger partial charge in [0, 0.05) is 19.1 Å². The van der Waals surface area contributed by atoms with Crippen LogP contribution >= 0.6 is 0 Å². The molecule has 1 fully saturated rings. The number of hydrogen-bond donors (Lipinski definition) is 1. The van der Waals surface area contributed by atoms with Crippen LogP contribution in [0.25, 0.3) is 0 Å². The van der Waals surface area contributed by atoms with Crippen molar-refractivity contribution in [1.29, 1.82) is 0 Å². The van der Waals surface area contributed by atoms with Crippen LogP contribution < -0.4 is 5.32 Å². The normalized spacial score (nSPS) is 27.2. The van der Waals surface area contributed by atoms with E-state index in [4.69, 9.17) is 0 Å². The molecule has 0 spiro atoms. The Morgan fingerprint density at radius 3 is 2.85 bits per heavy atom. The summed E-state index contributed by atoms with van der Waals surface area (Å²) in [5, 5.41) is 7.35. The van der Waals surface area contributed by atoms with E-state index in [-0.39, 0.29) is 6.04 Å². The molecule has 0 radical (unpaired) electrons. The molecular formula is C20H27F2N5. The summed E-state index contributed by atoms with van der Waals surface area (Å²) in [6.45, 7) is 5.28. The van der Waals surface area contributed by atoms with Crippen LogP contribution in [-0.2, 0) is 0 Å². The number of rotatable bonds is 5. The van der Waals surface area contributed by atoms with Crippen molar-refractivity contribution in [3.63, 3.8) is 0 Å². The first-order valence-corrected chi connectivity index (χ1v) is 9.83. The predicted molar refractivity (Wildman–Crippen MR) is 101 cm³/mol. The van der Waals surface area contributed by atoms with Crippen molar-refractivity contribution in [3.8, 4) is 0 Å². The van der Waals surface area contributed by atoms with Gasteiger partial charge in [-0.05, 0) is 43.2 Å². The maximum atomic E-state index is 13.5. The minimum absolute atomic E-state index is 0.0236. The minimum atomic E-state index is -2.42. The molecule has 2 aromatic rings. The number of likely N-dealkylation sites (tertiary alicyclic amines) is 1. The molecule has 0 amide bonds. The third kappa shape index (κ3) is 3.98. The molecule has 146 valence electrons. The third-order valence-electron chi connectivity index (χ3n) is 6.00. The number of fused-ring (bicyclic) bond motifs is 1. The molecule has 3 heterocycles. The second-order valence-electron chi connectivity index (χ2n) is 7.89. The maximum absolute atomic E-state index is 13.5. The van der Waals surface area contributed by atoms with Gasteiger partial charge in [0.25, 0.3) is 6.43 Å². The molecule has 4 atom stereocenters. The summed E-state index contributed by atoms with van der Waals surface area (Å²) in [4.78, 5) is 6.63. The Hall–Kier alpha value is -2.02. The van der Waals surface area contributed by atoms with E-state index >= 15 is 0 Å². The van der Waals surface area contributed by atoms with Crippen LogP contribution in [0.15, 0.2) is 36.7 Å². The van der Waals surface area contributed by atoms with Crippen LogP contribution in [0.5, 0.6) is 0 Å². The second-order valence-corrected chi connectivity index (χ2v) is 7.89. The van der Waals surface area contributed by atoms with Gasteiger partial charge in [-0.25, -0.2) is 13.5 Å². The first-order chi connectivity index (χ1) is 13.1. The highest BCUT2D eigenvalue weighted by Crippen LogP contribution is 2.35. The minimum Gasteiger partial charge on any atom is -0.351 e. The number of benzene rings is 1. The van der Waals surface area contributed by atoms with E-state index in [1.54, 1.807) is 0 Å². The summed E-state index contributed by atoms with van der Waals surface area (Å²) in [6, 6.07) is 9.70. The van der Waals surface area contributed by atoms with Gasteiger partial charge >= 0.3 is 0 Å². The summed E-state index contributed by atoms with van der Waals surface area (Å²) < 4.78 is 28.4. The lowest BCUT2D eigenvalue weighted by atomic mass is 9.85. The largest absolute Gasteiger partial charge is 0.351 e. The highest BCUT2D eigenvalue weighted by Gasteiger charge is 2.38. The van der Waals surface area contributed by atoms with Gasteiger partial charge < -0.3 is 10.2 Å². The summed E-state index contributed by atoms with van der Waals surface area (Å²) in [7, 11) is 0. The van der Waals surface area contributed by atoms with Gasteiger partial charge in [0.1, 0.15) is 12.4 Å². The lowest BCUT2D eigenvalue weighted by Gasteiger charge is -2.41. The van der Waals surface area contributed by atoms with Gasteiger partial charge in [0.05, 0.1) is 0 Å². The standard InChI is InChI=1S/C20H27F2N5/c1-14(15-6-3-2-4-7-15)11-26-9-5-8-16(12-26)17-10-18(19(21)22)27-20(25-17)23-13-24-27/h2-4,6-7,13-14,16-19H,5,8-12H2,1H3,(H,23,24,25)/t14-,16+,17+,18-/m1/s1. The summed E-state index contributed by atoms with van der Waals surface area (Å²) in [6.07, 6.45) is 1.51. The highest BCUT2D eigenvalue weighted by molar-refractivity contribution is 5.29. The Labute approximate surface area is 158 Å². The van der Waals surface area contributed by atoms with Gasteiger partial charge in [-0.2, -0.15) is 10.1 Å². The zero-order valence-corrected chi connectivity index (χ0v) is 15.6. The van der Waals surface area contributed by atoms with Crippen LogP contribution in [0.2, 0.25) is 0 Å². The van der Waals surface area contributed by atoms with E-state index in [0.717, 1.165) is 32.5 Å². The highest BCUT2D eigenvalue weighted by atomic mass is 19.3. The molecule has 1 N–H and O–H groups in total. The number of aromatic nitrogens is 3. The topological polar surface area (TPSA) is 46.0 Å². The Kier molecular flexibility index (Phi) is 5.38. The maximum Gasteiger partial charge on any atom is 0.260 e. The van der Waals surface area contributed by atoms with Crippen molar-refractivity contribution < 1.29 is 8.78 Å². The Morgan fingerprint density at radius 2 is 2.07 bits per heavy atom. The van der Waals surface area contributed by atoms with Gasteiger partial charge in [-0.15, -0.1) is 0 Å². The average molecular weight is 375 g/mol. The average Bonchev–Trinajstić information content (AvgIpc) is 3.16. The molecule has 5 nitrogen and oxygen atoms in total. The molecule has 7 heteroatoms. The van der Waals surface area contributed by atoms with Crippen molar-refractivity contribution in [2.45, 2.75) is 50.6 Å².